The van der Waals surface area contributed by atoms with Gasteiger partial charge in [-0.25, -0.2) is 0 Å². The Balaban J connectivity index is 1.86. The van der Waals surface area contributed by atoms with Crippen molar-refractivity contribution in [2.75, 3.05) is 12.4 Å². The number of aryl methyl sites for hydroxylation is 1. The van der Waals surface area contributed by atoms with Crippen LogP contribution in [0, 0.1) is 6.92 Å². The maximum atomic E-state index is 12.0. The van der Waals surface area contributed by atoms with Gasteiger partial charge in [0.1, 0.15) is 12.2 Å². The van der Waals surface area contributed by atoms with Gasteiger partial charge in [-0.15, -0.1) is 0 Å². The van der Waals surface area contributed by atoms with Crippen molar-refractivity contribution in [3.8, 4) is 5.75 Å². The summed E-state index contributed by atoms with van der Waals surface area (Å²) in [6.07, 6.45) is -0.276. The van der Waals surface area contributed by atoms with Crippen LogP contribution in [0.5, 0.6) is 5.75 Å². The predicted octanol–water partition coefficient (Wildman–Crippen LogP) is 3.30. The maximum absolute atomic E-state index is 12.0. The number of ether oxygens (including phenoxy) is 1. The predicted molar refractivity (Wildman–Crippen MR) is 94.3 cm³/mol. The van der Waals surface area contributed by atoms with Crippen LogP contribution in [0.25, 0.3) is 0 Å². The topological polar surface area (TPSA) is 67.4 Å². The second-order valence-corrected chi connectivity index (χ2v) is 5.77. The lowest BCUT2D eigenvalue weighted by Gasteiger charge is -2.11. The molecule has 2 aromatic carbocycles. The molecule has 0 atom stereocenters. The van der Waals surface area contributed by atoms with Crippen molar-refractivity contribution in [3.05, 3.63) is 58.6 Å². The number of halogens is 1. The summed E-state index contributed by atoms with van der Waals surface area (Å²) in [6.45, 7) is 2.38. The first kappa shape index (κ1) is 17.8. The van der Waals surface area contributed by atoms with Crippen molar-refractivity contribution < 1.29 is 14.3 Å². The summed E-state index contributed by atoms with van der Waals surface area (Å²) in [6, 6.07) is 12.7. The summed E-state index contributed by atoms with van der Waals surface area (Å²) in [5.74, 6) is -0.307. The standard InChI is InChI=1S/C18H19ClN2O3/c1-12-3-5-13(6-4-12)11-20-17(22)10-18(23)21-15-9-14(19)7-8-16(15)24-2/h3-9H,10-11H2,1-2H3,(H,20,22)(H,21,23). The van der Waals surface area contributed by atoms with Crippen molar-refractivity contribution in [2.45, 2.75) is 19.9 Å². The van der Waals surface area contributed by atoms with Gasteiger partial charge in [0.2, 0.25) is 11.8 Å². The zero-order valence-electron chi connectivity index (χ0n) is 13.6. The molecule has 0 unspecified atom stereocenters. The molecule has 0 aromatic heterocycles. The van der Waals surface area contributed by atoms with E-state index >= 15 is 0 Å². The summed E-state index contributed by atoms with van der Waals surface area (Å²) < 4.78 is 5.15. The number of rotatable bonds is 6. The molecule has 0 bridgehead atoms. The van der Waals surface area contributed by atoms with Gasteiger partial charge in [0.15, 0.2) is 0 Å². The zero-order valence-corrected chi connectivity index (χ0v) is 14.3. The van der Waals surface area contributed by atoms with Gasteiger partial charge in [0, 0.05) is 11.6 Å². The van der Waals surface area contributed by atoms with Crippen LogP contribution in [0.3, 0.4) is 0 Å². The third kappa shape index (κ3) is 5.28. The number of hydrogen-bond donors (Lipinski definition) is 2. The van der Waals surface area contributed by atoms with Crippen LogP contribution < -0.4 is 15.4 Å². The molecule has 126 valence electrons. The Hall–Kier alpha value is -2.53. The van der Waals surface area contributed by atoms with Gasteiger partial charge in [0.05, 0.1) is 12.8 Å². The largest absolute Gasteiger partial charge is 0.495 e. The minimum absolute atomic E-state index is 0.276. The highest BCUT2D eigenvalue weighted by Crippen LogP contribution is 2.27. The Kier molecular flexibility index (Phi) is 6.21. The first-order valence-corrected chi connectivity index (χ1v) is 7.81. The van der Waals surface area contributed by atoms with Gasteiger partial charge in [-0.1, -0.05) is 41.4 Å². The Morgan fingerprint density at radius 1 is 1.08 bits per heavy atom. The fourth-order valence-corrected chi connectivity index (χ4v) is 2.26. The third-order valence-corrected chi connectivity index (χ3v) is 3.60. The van der Waals surface area contributed by atoms with E-state index in [1.807, 2.05) is 31.2 Å². The molecule has 0 spiro atoms. The van der Waals surface area contributed by atoms with E-state index in [4.69, 9.17) is 16.3 Å². The normalized spacial score (nSPS) is 10.1. The smallest absolute Gasteiger partial charge is 0.233 e. The Labute approximate surface area is 146 Å². The van der Waals surface area contributed by atoms with Gasteiger partial charge in [-0.2, -0.15) is 0 Å². The molecule has 0 radical (unpaired) electrons. The highest BCUT2D eigenvalue weighted by Gasteiger charge is 2.12. The van der Waals surface area contributed by atoms with Crippen LogP contribution in [-0.2, 0) is 16.1 Å². The number of anilines is 1. The minimum Gasteiger partial charge on any atom is -0.495 e. The van der Waals surface area contributed by atoms with Crippen molar-refractivity contribution in [1.29, 1.82) is 0 Å². The average molecular weight is 347 g/mol. The highest BCUT2D eigenvalue weighted by atomic mass is 35.5. The molecule has 6 heteroatoms. The Morgan fingerprint density at radius 3 is 2.46 bits per heavy atom. The zero-order chi connectivity index (χ0) is 17.5. The van der Waals surface area contributed by atoms with Crippen LogP contribution in [0.4, 0.5) is 5.69 Å². The summed E-state index contributed by atoms with van der Waals surface area (Å²) in [4.78, 5) is 23.9. The molecule has 2 N–H and O–H groups in total. The van der Waals surface area contributed by atoms with E-state index in [0.717, 1.165) is 11.1 Å². The molecule has 0 aliphatic carbocycles. The average Bonchev–Trinajstić information content (AvgIpc) is 2.54. The molecule has 0 saturated heterocycles. The molecule has 0 aliphatic rings. The van der Waals surface area contributed by atoms with Crippen LogP contribution in [0.2, 0.25) is 5.02 Å². The Morgan fingerprint density at radius 2 is 1.79 bits per heavy atom. The first-order valence-electron chi connectivity index (χ1n) is 7.43. The second-order valence-electron chi connectivity index (χ2n) is 5.33. The molecule has 0 heterocycles. The fourth-order valence-electron chi connectivity index (χ4n) is 2.09. The molecule has 2 amide bonds. The number of hydrogen-bond acceptors (Lipinski definition) is 3. The number of amides is 2. The van der Waals surface area contributed by atoms with Gasteiger partial charge in [-0.05, 0) is 30.7 Å². The van der Waals surface area contributed by atoms with Crippen LogP contribution in [-0.4, -0.2) is 18.9 Å². The molecule has 0 saturated carbocycles. The van der Waals surface area contributed by atoms with Gasteiger partial charge in [-0.3, -0.25) is 9.59 Å². The van der Waals surface area contributed by atoms with Crippen molar-refractivity contribution in [3.63, 3.8) is 0 Å². The van der Waals surface area contributed by atoms with Gasteiger partial charge < -0.3 is 15.4 Å². The van der Waals surface area contributed by atoms with Gasteiger partial charge in [0.25, 0.3) is 0 Å². The SMILES string of the molecule is COc1ccc(Cl)cc1NC(=O)CC(=O)NCc1ccc(C)cc1. The number of nitrogens with one attached hydrogen (secondary N) is 2. The Bertz CT molecular complexity index is 730. The van der Waals surface area contributed by atoms with Crippen LogP contribution >= 0.6 is 11.6 Å². The number of carbonyl (C=O) groups excluding carboxylic acids is 2. The lowest BCUT2D eigenvalue weighted by Crippen LogP contribution is -2.27. The molecule has 0 aliphatic heterocycles. The molecule has 2 aromatic rings. The minimum atomic E-state index is -0.433. The van der Waals surface area contributed by atoms with Crippen molar-refractivity contribution in [2.24, 2.45) is 0 Å². The maximum Gasteiger partial charge on any atom is 0.233 e. The summed E-state index contributed by atoms with van der Waals surface area (Å²) in [7, 11) is 1.49. The monoisotopic (exact) mass is 346 g/mol. The number of methoxy groups -OCH3 is 1. The number of benzene rings is 2. The molecular formula is C18H19ClN2O3. The highest BCUT2D eigenvalue weighted by molar-refractivity contribution is 6.31. The molecule has 0 fully saturated rings. The lowest BCUT2D eigenvalue weighted by atomic mass is 10.1. The van der Waals surface area contributed by atoms with E-state index in [1.54, 1.807) is 18.2 Å². The summed E-state index contributed by atoms with van der Waals surface area (Å²) in [5.41, 5.74) is 2.56. The summed E-state index contributed by atoms with van der Waals surface area (Å²) in [5, 5.41) is 5.82. The molecule has 2 rings (SSSR count). The quantitative estimate of drug-likeness (QED) is 0.788. The molecular weight excluding hydrogens is 328 g/mol. The number of carbonyl (C=O) groups is 2. The summed E-state index contributed by atoms with van der Waals surface area (Å²) >= 11 is 5.91. The lowest BCUT2D eigenvalue weighted by molar-refractivity contribution is -0.126. The first-order chi connectivity index (χ1) is 11.5. The third-order valence-electron chi connectivity index (χ3n) is 3.37. The van der Waals surface area contributed by atoms with Crippen molar-refractivity contribution >= 4 is 29.1 Å². The van der Waals surface area contributed by atoms with E-state index in [2.05, 4.69) is 10.6 Å². The van der Waals surface area contributed by atoms with E-state index < -0.39 is 5.91 Å². The van der Waals surface area contributed by atoms with Crippen LogP contribution in [0.15, 0.2) is 42.5 Å². The van der Waals surface area contributed by atoms with Crippen LogP contribution in [0.1, 0.15) is 17.5 Å². The fraction of sp³-hybridized carbons (Fsp3) is 0.222. The van der Waals surface area contributed by atoms with Crippen molar-refractivity contribution in [1.82, 2.24) is 5.32 Å². The van der Waals surface area contributed by atoms with E-state index in [9.17, 15) is 9.59 Å². The van der Waals surface area contributed by atoms with E-state index in [-0.39, 0.29) is 12.3 Å². The van der Waals surface area contributed by atoms with E-state index in [1.165, 1.54) is 7.11 Å². The molecule has 24 heavy (non-hydrogen) atoms. The van der Waals surface area contributed by atoms with E-state index in [0.29, 0.717) is 23.0 Å². The second kappa shape index (κ2) is 8.36. The van der Waals surface area contributed by atoms with Gasteiger partial charge >= 0.3 is 0 Å². The molecule has 5 nitrogen and oxygen atoms in total.